The summed E-state index contributed by atoms with van der Waals surface area (Å²) in [4.78, 5) is 12.4. The molecule has 4 rings (SSSR count). The Balaban J connectivity index is 1.50. The van der Waals surface area contributed by atoms with Crippen molar-refractivity contribution >= 4 is 23.5 Å². The molecule has 3 aromatic carbocycles. The lowest BCUT2D eigenvalue weighted by Gasteiger charge is -2.12. The van der Waals surface area contributed by atoms with Crippen molar-refractivity contribution < 1.29 is 4.79 Å². The minimum atomic E-state index is -0.286. The molecule has 6 nitrogen and oxygen atoms in total. The first-order valence-electron chi connectivity index (χ1n) is 10.4. The SMILES string of the molecule is Cc1ccc(NC(=O)NCc2nnc(SCc3ccccc3)n2-c2ccc(C)cc2)cc1. The number of anilines is 1. The average molecular weight is 444 g/mol. The van der Waals surface area contributed by atoms with Gasteiger partial charge in [0.1, 0.15) is 0 Å². The van der Waals surface area contributed by atoms with E-state index in [0.717, 1.165) is 27.8 Å². The summed E-state index contributed by atoms with van der Waals surface area (Å²) in [6.45, 7) is 4.32. The Bertz CT molecular complexity index is 1170. The van der Waals surface area contributed by atoms with Gasteiger partial charge in [-0.3, -0.25) is 4.57 Å². The first-order valence-corrected chi connectivity index (χ1v) is 11.4. The smallest absolute Gasteiger partial charge is 0.319 e. The van der Waals surface area contributed by atoms with Gasteiger partial charge in [-0.05, 0) is 43.7 Å². The minimum Gasteiger partial charge on any atom is -0.331 e. The van der Waals surface area contributed by atoms with Crippen LogP contribution in [0.2, 0.25) is 0 Å². The fourth-order valence-electron chi connectivity index (χ4n) is 3.16. The van der Waals surface area contributed by atoms with Crippen molar-refractivity contribution in [3.63, 3.8) is 0 Å². The van der Waals surface area contributed by atoms with E-state index in [1.165, 1.54) is 11.1 Å². The fourth-order valence-corrected chi connectivity index (χ4v) is 4.08. The number of hydrogen-bond donors (Lipinski definition) is 2. The van der Waals surface area contributed by atoms with Gasteiger partial charge >= 0.3 is 6.03 Å². The van der Waals surface area contributed by atoms with Crippen molar-refractivity contribution in [3.05, 3.63) is 101 Å². The van der Waals surface area contributed by atoms with Crippen LogP contribution in [0.15, 0.2) is 84.0 Å². The number of rotatable bonds is 7. The molecule has 1 aromatic heterocycles. The van der Waals surface area contributed by atoms with Crippen LogP contribution >= 0.6 is 11.8 Å². The molecule has 7 heteroatoms. The number of aromatic nitrogens is 3. The highest BCUT2D eigenvalue weighted by atomic mass is 32.2. The topological polar surface area (TPSA) is 71.8 Å². The van der Waals surface area contributed by atoms with Gasteiger partial charge in [0.2, 0.25) is 0 Å². The molecule has 0 unspecified atom stereocenters. The minimum absolute atomic E-state index is 0.254. The zero-order valence-corrected chi connectivity index (χ0v) is 18.9. The van der Waals surface area contributed by atoms with Crippen LogP contribution < -0.4 is 10.6 Å². The third-order valence-electron chi connectivity index (χ3n) is 4.92. The number of aryl methyl sites for hydroxylation is 2. The first-order chi connectivity index (χ1) is 15.6. The van der Waals surface area contributed by atoms with Crippen molar-refractivity contribution in [1.82, 2.24) is 20.1 Å². The highest BCUT2D eigenvalue weighted by Gasteiger charge is 2.15. The summed E-state index contributed by atoms with van der Waals surface area (Å²) in [7, 11) is 0. The number of urea groups is 1. The molecule has 2 N–H and O–H groups in total. The number of carbonyl (C=O) groups excluding carboxylic acids is 1. The van der Waals surface area contributed by atoms with Crippen molar-refractivity contribution in [3.8, 4) is 5.69 Å². The number of thioether (sulfide) groups is 1. The third kappa shape index (κ3) is 5.56. The fraction of sp³-hybridized carbons (Fsp3) is 0.160. The van der Waals surface area contributed by atoms with E-state index in [2.05, 4.69) is 52.0 Å². The molecule has 32 heavy (non-hydrogen) atoms. The van der Waals surface area contributed by atoms with E-state index in [-0.39, 0.29) is 12.6 Å². The number of nitrogens with one attached hydrogen (secondary N) is 2. The molecule has 0 bridgehead atoms. The Morgan fingerprint density at radius 2 is 1.53 bits per heavy atom. The molecule has 0 saturated heterocycles. The van der Waals surface area contributed by atoms with Gasteiger partial charge in [-0.25, -0.2) is 4.79 Å². The summed E-state index contributed by atoms with van der Waals surface area (Å²) >= 11 is 1.62. The van der Waals surface area contributed by atoms with Gasteiger partial charge in [0.05, 0.1) is 6.54 Å². The normalized spacial score (nSPS) is 10.7. The lowest BCUT2D eigenvalue weighted by molar-refractivity contribution is 0.251. The van der Waals surface area contributed by atoms with Crippen LogP contribution in [-0.2, 0) is 12.3 Å². The predicted molar refractivity (Wildman–Crippen MR) is 129 cm³/mol. The quantitative estimate of drug-likeness (QED) is 0.370. The van der Waals surface area contributed by atoms with Gasteiger partial charge in [-0.1, -0.05) is 77.5 Å². The lowest BCUT2D eigenvalue weighted by atomic mass is 10.2. The summed E-state index contributed by atoms with van der Waals surface area (Å²) < 4.78 is 2.00. The molecule has 0 fully saturated rings. The molecule has 1 heterocycles. The van der Waals surface area contributed by atoms with Crippen molar-refractivity contribution in [2.24, 2.45) is 0 Å². The Hall–Kier alpha value is -3.58. The van der Waals surface area contributed by atoms with E-state index < -0.39 is 0 Å². The van der Waals surface area contributed by atoms with E-state index in [4.69, 9.17) is 0 Å². The lowest BCUT2D eigenvalue weighted by Crippen LogP contribution is -2.29. The molecule has 0 aliphatic heterocycles. The first kappa shape index (κ1) is 21.6. The van der Waals surface area contributed by atoms with Gasteiger partial charge in [0.25, 0.3) is 0 Å². The van der Waals surface area contributed by atoms with E-state index >= 15 is 0 Å². The summed E-state index contributed by atoms with van der Waals surface area (Å²) in [6.07, 6.45) is 0. The Morgan fingerprint density at radius 3 is 2.22 bits per heavy atom. The monoisotopic (exact) mass is 443 g/mol. The van der Waals surface area contributed by atoms with Crippen molar-refractivity contribution in [2.75, 3.05) is 5.32 Å². The van der Waals surface area contributed by atoms with Gasteiger partial charge in [0.15, 0.2) is 11.0 Å². The second kappa shape index (κ2) is 10.2. The van der Waals surface area contributed by atoms with Crippen molar-refractivity contribution in [2.45, 2.75) is 31.3 Å². The van der Waals surface area contributed by atoms with Crippen LogP contribution in [0.5, 0.6) is 0 Å². The number of amides is 2. The highest BCUT2D eigenvalue weighted by Crippen LogP contribution is 2.25. The van der Waals surface area contributed by atoms with Gasteiger partial charge < -0.3 is 10.6 Å². The van der Waals surface area contributed by atoms with Crippen LogP contribution in [-0.4, -0.2) is 20.8 Å². The van der Waals surface area contributed by atoms with Gasteiger partial charge in [-0.2, -0.15) is 0 Å². The molecular weight excluding hydrogens is 418 g/mol. The van der Waals surface area contributed by atoms with Crippen LogP contribution in [0.1, 0.15) is 22.5 Å². The Labute approximate surface area is 192 Å². The van der Waals surface area contributed by atoms with E-state index in [1.54, 1.807) is 11.8 Å². The molecule has 0 atom stereocenters. The number of benzene rings is 3. The summed E-state index contributed by atoms with van der Waals surface area (Å²) in [6, 6.07) is 25.8. The van der Waals surface area contributed by atoms with E-state index in [1.807, 2.05) is 66.1 Å². The maximum atomic E-state index is 12.4. The van der Waals surface area contributed by atoms with Crippen LogP contribution in [0.4, 0.5) is 10.5 Å². The molecule has 0 aliphatic carbocycles. The average Bonchev–Trinajstić information content (AvgIpc) is 3.22. The molecule has 0 aliphatic rings. The maximum Gasteiger partial charge on any atom is 0.319 e. The van der Waals surface area contributed by atoms with Crippen LogP contribution in [0, 0.1) is 13.8 Å². The highest BCUT2D eigenvalue weighted by molar-refractivity contribution is 7.98. The van der Waals surface area contributed by atoms with E-state index in [9.17, 15) is 4.79 Å². The third-order valence-corrected chi connectivity index (χ3v) is 5.92. The van der Waals surface area contributed by atoms with Crippen molar-refractivity contribution in [1.29, 1.82) is 0 Å². The maximum absolute atomic E-state index is 12.4. The summed E-state index contributed by atoms with van der Waals surface area (Å²) in [5.41, 5.74) is 5.24. The molecule has 0 saturated carbocycles. The summed E-state index contributed by atoms with van der Waals surface area (Å²) in [5.74, 6) is 1.45. The predicted octanol–water partition coefficient (Wildman–Crippen LogP) is 5.50. The zero-order valence-electron chi connectivity index (χ0n) is 18.1. The summed E-state index contributed by atoms with van der Waals surface area (Å²) in [5, 5.41) is 15.3. The number of hydrogen-bond acceptors (Lipinski definition) is 4. The van der Waals surface area contributed by atoms with Crippen LogP contribution in [0.3, 0.4) is 0 Å². The van der Waals surface area contributed by atoms with E-state index in [0.29, 0.717) is 5.82 Å². The van der Waals surface area contributed by atoms with Crippen LogP contribution in [0.25, 0.3) is 5.69 Å². The Kier molecular flexibility index (Phi) is 6.87. The molecule has 2 amide bonds. The van der Waals surface area contributed by atoms with Gasteiger partial charge in [-0.15, -0.1) is 10.2 Å². The molecule has 4 aromatic rings. The molecule has 0 radical (unpaired) electrons. The number of nitrogens with zero attached hydrogens (tertiary/aromatic N) is 3. The second-order valence-electron chi connectivity index (χ2n) is 7.52. The number of carbonyl (C=O) groups is 1. The molecular formula is C25H25N5OS. The largest absolute Gasteiger partial charge is 0.331 e. The standard InChI is InChI=1S/C25H25N5OS/c1-18-8-12-21(13-9-18)27-24(31)26-16-23-28-29-25(32-17-20-6-4-3-5-7-20)30(23)22-14-10-19(2)11-15-22/h3-15H,16-17H2,1-2H3,(H2,26,27,31). The Morgan fingerprint density at radius 1 is 0.875 bits per heavy atom. The zero-order chi connectivity index (χ0) is 22.3. The molecule has 0 spiro atoms. The van der Waals surface area contributed by atoms with Gasteiger partial charge in [0, 0.05) is 17.1 Å². The molecule has 162 valence electrons. The second-order valence-corrected chi connectivity index (χ2v) is 8.46.